The molecule has 0 saturated carbocycles. The molecule has 4 nitrogen and oxygen atoms in total. The summed E-state index contributed by atoms with van der Waals surface area (Å²) >= 11 is 5.51. The maximum Gasteiger partial charge on any atom is 0.341 e. The first-order valence-electron chi connectivity index (χ1n) is 5.29. The third-order valence-electron chi connectivity index (χ3n) is 2.74. The molecule has 1 heterocycles. The summed E-state index contributed by atoms with van der Waals surface area (Å²) in [5.41, 5.74) is -1.40. The number of carboxylic acids is 1. The van der Waals surface area contributed by atoms with Crippen molar-refractivity contribution in [3.05, 3.63) is 45.2 Å². The van der Waals surface area contributed by atoms with Crippen LogP contribution in [0.1, 0.15) is 15.9 Å². The van der Waals surface area contributed by atoms with E-state index in [-0.39, 0.29) is 28.8 Å². The van der Waals surface area contributed by atoms with Crippen molar-refractivity contribution in [1.82, 2.24) is 4.98 Å². The van der Waals surface area contributed by atoms with Gasteiger partial charge in [0.1, 0.15) is 5.56 Å². The van der Waals surface area contributed by atoms with E-state index < -0.39 is 28.6 Å². The molecule has 1 aromatic carbocycles. The molecule has 2 rings (SSSR count). The molecule has 0 aliphatic heterocycles. The second-order valence-electron chi connectivity index (χ2n) is 3.85. The summed E-state index contributed by atoms with van der Waals surface area (Å²) in [5.74, 6) is -3.70. The van der Waals surface area contributed by atoms with Crippen molar-refractivity contribution in [2.24, 2.45) is 0 Å². The van der Waals surface area contributed by atoms with E-state index in [2.05, 4.69) is 4.98 Å². The monoisotopic (exact) mass is 287 g/mol. The number of nitrogens with one attached hydrogen (secondary N) is 1. The number of aromatic carboxylic acids is 1. The van der Waals surface area contributed by atoms with E-state index in [9.17, 15) is 18.4 Å². The van der Waals surface area contributed by atoms with E-state index in [4.69, 9.17) is 16.7 Å². The number of aromatic amines is 1. The number of hydrogen-bond acceptors (Lipinski definition) is 2. The summed E-state index contributed by atoms with van der Waals surface area (Å²) in [6.07, 6.45) is 0.978. The number of pyridine rings is 1. The van der Waals surface area contributed by atoms with Crippen molar-refractivity contribution in [2.75, 3.05) is 5.88 Å². The molecule has 0 spiro atoms. The van der Waals surface area contributed by atoms with Gasteiger partial charge in [0.2, 0.25) is 5.43 Å². The maximum atomic E-state index is 13.6. The van der Waals surface area contributed by atoms with E-state index in [0.717, 1.165) is 6.20 Å². The van der Waals surface area contributed by atoms with E-state index in [1.54, 1.807) is 0 Å². The zero-order chi connectivity index (χ0) is 14.2. The highest BCUT2D eigenvalue weighted by molar-refractivity contribution is 6.18. The molecule has 2 aromatic rings. The molecule has 0 fully saturated rings. The van der Waals surface area contributed by atoms with E-state index >= 15 is 0 Å². The highest BCUT2D eigenvalue weighted by Gasteiger charge is 2.18. The fourth-order valence-corrected chi connectivity index (χ4v) is 2.05. The Hall–Kier alpha value is -1.95. The fraction of sp³-hybridized carbons (Fsp3) is 0.167. The van der Waals surface area contributed by atoms with Gasteiger partial charge in [-0.3, -0.25) is 4.79 Å². The predicted molar refractivity (Wildman–Crippen MR) is 65.9 cm³/mol. The third-order valence-corrected chi connectivity index (χ3v) is 2.93. The molecule has 0 atom stereocenters. The first kappa shape index (κ1) is 13.5. The number of benzene rings is 1. The number of H-pyrrole nitrogens is 1. The molecule has 2 N–H and O–H groups in total. The zero-order valence-corrected chi connectivity index (χ0v) is 10.2. The normalized spacial score (nSPS) is 10.9. The van der Waals surface area contributed by atoms with Gasteiger partial charge >= 0.3 is 5.97 Å². The largest absolute Gasteiger partial charge is 0.477 e. The molecule has 19 heavy (non-hydrogen) atoms. The summed E-state index contributed by atoms with van der Waals surface area (Å²) in [4.78, 5) is 25.2. The second-order valence-corrected chi connectivity index (χ2v) is 4.23. The minimum Gasteiger partial charge on any atom is -0.477 e. The SMILES string of the molecule is O=C(O)c1c[nH]c2c(CCCl)c(F)c(F)cc2c1=O. The Labute approximate surface area is 110 Å². The third kappa shape index (κ3) is 2.19. The van der Waals surface area contributed by atoms with Crippen LogP contribution in [0.4, 0.5) is 8.78 Å². The maximum absolute atomic E-state index is 13.6. The Morgan fingerprint density at radius 2 is 2.11 bits per heavy atom. The molecule has 1 aromatic heterocycles. The lowest BCUT2D eigenvalue weighted by atomic mass is 10.0. The van der Waals surface area contributed by atoms with Crippen LogP contribution in [0.15, 0.2) is 17.1 Å². The predicted octanol–water partition coefficient (Wildman–Crippen LogP) is 2.29. The van der Waals surface area contributed by atoms with Gasteiger partial charge in [0.15, 0.2) is 11.6 Å². The molecule has 0 aliphatic rings. The molecule has 7 heteroatoms. The van der Waals surface area contributed by atoms with Crippen LogP contribution in [-0.4, -0.2) is 21.9 Å². The van der Waals surface area contributed by atoms with Crippen molar-refractivity contribution in [1.29, 1.82) is 0 Å². The number of rotatable bonds is 3. The van der Waals surface area contributed by atoms with Gasteiger partial charge in [0, 0.05) is 23.0 Å². The van der Waals surface area contributed by atoms with Crippen LogP contribution in [0.3, 0.4) is 0 Å². The van der Waals surface area contributed by atoms with Crippen molar-refractivity contribution < 1.29 is 18.7 Å². The first-order chi connectivity index (χ1) is 8.97. The summed E-state index contributed by atoms with van der Waals surface area (Å²) in [6, 6.07) is 0.688. The number of hydrogen-bond donors (Lipinski definition) is 2. The summed E-state index contributed by atoms with van der Waals surface area (Å²) < 4.78 is 27.1. The molecule has 100 valence electrons. The van der Waals surface area contributed by atoms with Gasteiger partial charge in [-0.15, -0.1) is 11.6 Å². The summed E-state index contributed by atoms with van der Waals surface area (Å²) in [7, 11) is 0. The van der Waals surface area contributed by atoms with Crippen molar-refractivity contribution in [3.63, 3.8) is 0 Å². The van der Waals surface area contributed by atoms with Gasteiger partial charge in [-0.1, -0.05) is 0 Å². The minimum absolute atomic E-state index is 0.0179. The minimum atomic E-state index is -1.44. The number of fused-ring (bicyclic) bond motifs is 1. The summed E-state index contributed by atoms with van der Waals surface area (Å²) in [6.45, 7) is 0. The first-order valence-corrected chi connectivity index (χ1v) is 5.82. The van der Waals surface area contributed by atoms with Crippen LogP contribution in [-0.2, 0) is 6.42 Å². The topological polar surface area (TPSA) is 70.2 Å². The lowest BCUT2D eigenvalue weighted by Crippen LogP contribution is -2.17. The van der Waals surface area contributed by atoms with Crippen LogP contribution >= 0.6 is 11.6 Å². The van der Waals surface area contributed by atoms with Crippen molar-refractivity contribution in [3.8, 4) is 0 Å². The fourth-order valence-electron chi connectivity index (χ4n) is 1.87. The number of alkyl halides is 1. The lowest BCUT2D eigenvalue weighted by molar-refractivity contribution is 0.0695. The number of aromatic nitrogens is 1. The molecular weight excluding hydrogens is 280 g/mol. The van der Waals surface area contributed by atoms with Crippen molar-refractivity contribution >= 4 is 28.5 Å². The molecule has 0 unspecified atom stereocenters. The van der Waals surface area contributed by atoms with E-state index in [1.165, 1.54) is 0 Å². The second kappa shape index (κ2) is 4.97. The Morgan fingerprint density at radius 3 is 2.68 bits per heavy atom. The molecular formula is C12H8ClF2NO3. The highest BCUT2D eigenvalue weighted by Crippen LogP contribution is 2.22. The zero-order valence-electron chi connectivity index (χ0n) is 9.47. The van der Waals surface area contributed by atoms with E-state index in [0.29, 0.717) is 6.07 Å². The van der Waals surface area contributed by atoms with Crippen LogP contribution in [0, 0.1) is 11.6 Å². The van der Waals surface area contributed by atoms with Crippen LogP contribution < -0.4 is 5.43 Å². The molecule has 0 saturated heterocycles. The van der Waals surface area contributed by atoms with Gasteiger partial charge in [-0.25, -0.2) is 13.6 Å². The van der Waals surface area contributed by atoms with Crippen molar-refractivity contribution in [2.45, 2.75) is 6.42 Å². The van der Waals surface area contributed by atoms with E-state index in [1.807, 2.05) is 0 Å². The smallest absolute Gasteiger partial charge is 0.341 e. The van der Waals surface area contributed by atoms with Crippen LogP contribution in [0.2, 0.25) is 0 Å². The average molecular weight is 288 g/mol. The van der Waals surface area contributed by atoms with Gasteiger partial charge in [-0.2, -0.15) is 0 Å². The van der Waals surface area contributed by atoms with Crippen LogP contribution in [0.5, 0.6) is 0 Å². The molecule has 0 aliphatic carbocycles. The Bertz CT molecular complexity index is 727. The average Bonchev–Trinajstić information content (AvgIpc) is 2.36. The van der Waals surface area contributed by atoms with Gasteiger partial charge in [0.25, 0.3) is 0 Å². The Morgan fingerprint density at radius 1 is 1.42 bits per heavy atom. The number of aryl methyl sites for hydroxylation is 1. The molecule has 0 radical (unpaired) electrons. The highest BCUT2D eigenvalue weighted by atomic mass is 35.5. The van der Waals surface area contributed by atoms with Gasteiger partial charge < -0.3 is 10.1 Å². The quantitative estimate of drug-likeness (QED) is 0.851. The van der Waals surface area contributed by atoms with Crippen LogP contribution in [0.25, 0.3) is 10.9 Å². The Balaban J connectivity index is 2.90. The van der Waals surface area contributed by atoms with Gasteiger partial charge in [0.05, 0.1) is 5.52 Å². The molecule has 0 bridgehead atoms. The number of carboxylic acid groups (broad SMARTS) is 1. The number of carbonyl (C=O) groups is 1. The number of halogens is 3. The Kier molecular flexibility index (Phi) is 3.53. The lowest BCUT2D eigenvalue weighted by Gasteiger charge is -2.08. The molecule has 0 amide bonds. The summed E-state index contributed by atoms with van der Waals surface area (Å²) in [5, 5.41) is 8.60. The standard InChI is InChI=1S/C12H8ClF2NO3/c13-2-1-5-9(15)8(14)3-6-10(5)16-4-7(11(6)17)12(18)19/h3-4H,1-2H2,(H,16,17)(H,18,19). The van der Waals surface area contributed by atoms with Gasteiger partial charge in [-0.05, 0) is 12.5 Å².